The minimum atomic E-state index is -0.164. The number of rotatable bonds is 5. The predicted octanol–water partition coefficient (Wildman–Crippen LogP) is 11.2. The monoisotopic (exact) mass is 635 g/mol. The molecule has 4 heterocycles. The lowest BCUT2D eigenvalue weighted by Gasteiger charge is -2.35. The van der Waals surface area contributed by atoms with Crippen LogP contribution >= 0.6 is 11.3 Å². The predicted molar refractivity (Wildman–Crippen MR) is 207 cm³/mol. The molecular weight excluding hydrogens is 601 g/mol. The fraction of sp³-hybridized carbons (Fsp3) is 0.116. The zero-order valence-corrected chi connectivity index (χ0v) is 28.4. The van der Waals surface area contributed by atoms with Crippen molar-refractivity contribution in [1.29, 1.82) is 0 Å². The Balaban J connectivity index is 1.21. The van der Waals surface area contributed by atoms with Crippen LogP contribution in [-0.2, 0) is 5.41 Å². The van der Waals surface area contributed by atoms with Crippen LogP contribution in [0.25, 0.3) is 76.7 Å². The van der Waals surface area contributed by atoms with Gasteiger partial charge in [0.05, 0.1) is 22.6 Å². The van der Waals surface area contributed by atoms with Gasteiger partial charge in [0.1, 0.15) is 12.1 Å². The van der Waals surface area contributed by atoms with Gasteiger partial charge >= 0.3 is 0 Å². The van der Waals surface area contributed by atoms with Crippen molar-refractivity contribution in [2.45, 2.75) is 33.0 Å². The number of para-hydroxylation sites is 1. The van der Waals surface area contributed by atoms with Gasteiger partial charge in [-0.3, -0.25) is 0 Å². The summed E-state index contributed by atoms with van der Waals surface area (Å²) in [6.45, 7) is 9.05. The normalized spacial score (nSPS) is 13.5. The van der Waals surface area contributed by atoms with Crippen LogP contribution < -0.4 is 0 Å². The van der Waals surface area contributed by atoms with Crippen molar-refractivity contribution in [2.24, 2.45) is 0 Å². The zero-order chi connectivity index (χ0) is 32.6. The molecule has 0 bridgehead atoms. The SMILES string of the molecule is CB/C=C\c1nc(-c2ccccc2)nc(-c2cccc(-c3ccc4c(c3)C(C)(C)c3cccc5c6c7ccccc7sc6n-4c35)c2)c1C. The van der Waals surface area contributed by atoms with E-state index < -0.39 is 0 Å². The zero-order valence-electron chi connectivity index (χ0n) is 27.6. The van der Waals surface area contributed by atoms with Crippen LogP contribution in [0.5, 0.6) is 0 Å². The van der Waals surface area contributed by atoms with Crippen LogP contribution in [-0.4, -0.2) is 21.8 Å². The molecular formula is C43H34BN3S. The smallest absolute Gasteiger partial charge is 0.160 e. The van der Waals surface area contributed by atoms with Crippen LogP contribution in [0.1, 0.15) is 36.2 Å². The Morgan fingerprint density at radius 3 is 2.29 bits per heavy atom. The van der Waals surface area contributed by atoms with Gasteiger partial charge in [-0.2, -0.15) is 0 Å². The van der Waals surface area contributed by atoms with E-state index in [0.717, 1.165) is 41.2 Å². The second kappa shape index (κ2) is 10.9. The van der Waals surface area contributed by atoms with Gasteiger partial charge in [-0.1, -0.05) is 112 Å². The highest BCUT2D eigenvalue weighted by atomic mass is 32.1. The summed E-state index contributed by atoms with van der Waals surface area (Å²) in [4.78, 5) is 11.5. The highest BCUT2D eigenvalue weighted by molar-refractivity contribution is 7.25. The molecule has 5 aromatic carbocycles. The van der Waals surface area contributed by atoms with E-state index in [1.54, 1.807) is 0 Å². The molecule has 48 heavy (non-hydrogen) atoms. The van der Waals surface area contributed by atoms with Crippen molar-refractivity contribution in [3.63, 3.8) is 0 Å². The molecule has 8 aromatic rings. The van der Waals surface area contributed by atoms with Crippen LogP contribution in [0, 0.1) is 6.92 Å². The molecule has 1 aliphatic rings. The van der Waals surface area contributed by atoms with Crippen molar-refractivity contribution in [3.05, 3.63) is 144 Å². The fourth-order valence-corrected chi connectivity index (χ4v) is 8.84. The van der Waals surface area contributed by atoms with Crippen molar-refractivity contribution in [3.8, 4) is 39.5 Å². The van der Waals surface area contributed by atoms with Gasteiger partial charge < -0.3 is 4.57 Å². The van der Waals surface area contributed by atoms with Gasteiger partial charge in [-0.25, -0.2) is 9.97 Å². The second-order valence-electron chi connectivity index (χ2n) is 13.3. The number of fused-ring (bicyclic) bond motifs is 7. The van der Waals surface area contributed by atoms with E-state index in [-0.39, 0.29) is 5.41 Å². The number of thiophene rings is 1. The topological polar surface area (TPSA) is 30.7 Å². The molecule has 3 aromatic heterocycles. The molecule has 3 nitrogen and oxygen atoms in total. The first kappa shape index (κ1) is 28.9. The maximum atomic E-state index is 5.15. The Labute approximate surface area is 285 Å². The molecule has 0 atom stereocenters. The summed E-state index contributed by atoms with van der Waals surface area (Å²) in [7, 11) is 0.955. The van der Waals surface area contributed by atoms with Gasteiger partial charge in [0.15, 0.2) is 5.82 Å². The van der Waals surface area contributed by atoms with Crippen molar-refractivity contribution < 1.29 is 0 Å². The summed E-state index contributed by atoms with van der Waals surface area (Å²) in [6, 6.07) is 41.9. The average Bonchev–Trinajstić information content (AvgIpc) is 3.66. The number of benzene rings is 5. The van der Waals surface area contributed by atoms with E-state index in [2.05, 4.69) is 141 Å². The molecule has 0 unspecified atom stereocenters. The Morgan fingerprint density at radius 1 is 0.708 bits per heavy atom. The molecule has 0 fully saturated rings. The molecule has 1 aliphatic heterocycles. The molecule has 0 radical (unpaired) electrons. The Hall–Kier alpha value is -5.26. The Morgan fingerprint density at radius 2 is 1.44 bits per heavy atom. The summed E-state index contributed by atoms with van der Waals surface area (Å²) >= 11 is 1.90. The first-order valence-electron chi connectivity index (χ1n) is 16.8. The van der Waals surface area contributed by atoms with Gasteiger partial charge in [-0.05, 0) is 59.5 Å². The molecule has 230 valence electrons. The summed E-state index contributed by atoms with van der Waals surface area (Å²) < 4.78 is 3.87. The third kappa shape index (κ3) is 4.27. The maximum absolute atomic E-state index is 5.15. The van der Waals surface area contributed by atoms with E-state index in [4.69, 9.17) is 9.97 Å². The Bertz CT molecular complexity index is 2590. The van der Waals surface area contributed by atoms with E-state index in [0.29, 0.717) is 0 Å². The van der Waals surface area contributed by atoms with E-state index in [1.807, 2.05) is 29.5 Å². The third-order valence-electron chi connectivity index (χ3n) is 10.1. The molecule has 5 heteroatoms. The Kier molecular flexibility index (Phi) is 6.57. The first-order chi connectivity index (χ1) is 23.4. The molecule has 0 saturated carbocycles. The molecule has 0 N–H and O–H groups in total. The summed E-state index contributed by atoms with van der Waals surface area (Å²) in [5.41, 5.74) is 12.7. The first-order valence-corrected chi connectivity index (χ1v) is 17.6. The van der Waals surface area contributed by atoms with Crippen LogP contribution in [0.2, 0.25) is 6.82 Å². The molecule has 0 aliphatic carbocycles. The van der Waals surface area contributed by atoms with E-state index in [1.165, 1.54) is 59.1 Å². The molecule has 0 amide bonds. The van der Waals surface area contributed by atoms with E-state index >= 15 is 0 Å². The average molecular weight is 636 g/mol. The highest BCUT2D eigenvalue weighted by Crippen LogP contribution is 2.51. The maximum Gasteiger partial charge on any atom is 0.160 e. The number of hydrogen-bond donors (Lipinski definition) is 0. The quantitative estimate of drug-likeness (QED) is 0.176. The van der Waals surface area contributed by atoms with Gasteiger partial charge in [0, 0.05) is 43.0 Å². The van der Waals surface area contributed by atoms with Crippen molar-refractivity contribution >= 4 is 55.9 Å². The third-order valence-corrected chi connectivity index (χ3v) is 11.2. The van der Waals surface area contributed by atoms with Crippen LogP contribution in [0.15, 0.2) is 121 Å². The van der Waals surface area contributed by atoms with Gasteiger partial charge in [-0.15, -0.1) is 17.3 Å². The fourth-order valence-electron chi connectivity index (χ4n) is 7.60. The summed E-state index contributed by atoms with van der Waals surface area (Å²) in [6.07, 6.45) is 2.13. The van der Waals surface area contributed by atoms with Crippen molar-refractivity contribution in [1.82, 2.24) is 14.5 Å². The van der Waals surface area contributed by atoms with Crippen LogP contribution in [0.4, 0.5) is 0 Å². The number of nitrogens with zero attached hydrogens (tertiary/aromatic N) is 3. The lowest BCUT2D eigenvalue weighted by molar-refractivity contribution is 0.630. The largest absolute Gasteiger partial charge is 0.300 e. The van der Waals surface area contributed by atoms with Crippen molar-refractivity contribution in [2.75, 3.05) is 0 Å². The van der Waals surface area contributed by atoms with E-state index in [9.17, 15) is 0 Å². The minimum absolute atomic E-state index is 0.164. The summed E-state index contributed by atoms with van der Waals surface area (Å²) in [5.74, 6) is 2.92. The minimum Gasteiger partial charge on any atom is -0.300 e. The lowest BCUT2D eigenvalue weighted by Crippen LogP contribution is -2.26. The highest BCUT2D eigenvalue weighted by Gasteiger charge is 2.36. The lowest BCUT2D eigenvalue weighted by atomic mass is 9.74. The van der Waals surface area contributed by atoms with Crippen LogP contribution in [0.3, 0.4) is 0 Å². The number of aromatic nitrogens is 3. The number of hydrogen-bond acceptors (Lipinski definition) is 3. The molecule has 0 saturated heterocycles. The molecule has 0 spiro atoms. The molecule has 9 rings (SSSR count). The summed E-state index contributed by atoms with van der Waals surface area (Å²) in [5, 5.41) is 4.06. The van der Waals surface area contributed by atoms with Gasteiger partial charge in [0.25, 0.3) is 0 Å². The second-order valence-corrected chi connectivity index (χ2v) is 14.4. The standard InChI is InChI=1S/C43H34BN3S/c1-26-35(22-23-44-4)45-41(27-12-6-5-7-13-27)46-39(26)30-15-10-14-28(24-30)29-20-21-36-34(25-29)43(2,3)33-18-11-17-32-38-31-16-8-9-19-37(31)48-42(38)47(36)40(32)33/h5-25,44H,1-4H3/b23-22-. The van der Waals surface area contributed by atoms with Gasteiger partial charge in [0.2, 0.25) is 0 Å².